The number of carbonyl (C=O) groups excluding carboxylic acids is 1. The van der Waals surface area contributed by atoms with Crippen LogP contribution in [0.3, 0.4) is 0 Å². The molecule has 0 atom stereocenters. The van der Waals surface area contributed by atoms with E-state index in [4.69, 9.17) is 5.73 Å². The Labute approximate surface area is 130 Å². The molecule has 0 radical (unpaired) electrons. The SMILES string of the molecule is CCC1(CNC(=O)c2sc(NC(C)C)nc2N)CCCC1. The van der Waals surface area contributed by atoms with Crippen LogP contribution in [0.15, 0.2) is 0 Å². The summed E-state index contributed by atoms with van der Waals surface area (Å²) in [6.45, 7) is 7.01. The fourth-order valence-corrected chi connectivity index (χ4v) is 3.88. The third-order valence-corrected chi connectivity index (χ3v) is 5.31. The van der Waals surface area contributed by atoms with Gasteiger partial charge in [-0.05, 0) is 38.5 Å². The summed E-state index contributed by atoms with van der Waals surface area (Å²) in [6, 6.07) is 0.272. The van der Waals surface area contributed by atoms with E-state index in [9.17, 15) is 4.79 Å². The molecular formula is C15H26N4OS. The highest BCUT2D eigenvalue weighted by Crippen LogP contribution is 2.40. The van der Waals surface area contributed by atoms with E-state index in [0.717, 1.165) is 13.0 Å². The second-order valence-corrected chi connectivity index (χ2v) is 7.27. The van der Waals surface area contributed by atoms with Crippen molar-refractivity contribution in [2.24, 2.45) is 5.41 Å². The van der Waals surface area contributed by atoms with E-state index in [-0.39, 0.29) is 17.4 Å². The molecule has 0 saturated heterocycles. The lowest BCUT2D eigenvalue weighted by atomic mass is 9.83. The molecule has 1 amide bonds. The van der Waals surface area contributed by atoms with Crippen LogP contribution in [0.1, 0.15) is 62.5 Å². The zero-order valence-corrected chi connectivity index (χ0v) is 14.0. The summed E-state index contributed by atoms with van der Waals surface area (Å²) in [5.74, 6) is 0.221. The summed E-state index contributed by atoms with van der Waals surface area (Å²) in [4.78, 5) is 17.1. The first kappa shape index (κ1) is 16.1. The lowest BCUT2D eigenvalue weighted by Gasteiger charge is -2.27. The molecule has 5 nitrogen and oxygen atoms in total. The molecule has 6 heteroatoms. The minimum Gasteiger partial charge on any atom is -0.382 e. The van der Waals surface area contributed by atoms with Gasteiger partial charge in [-0.15, -0.1) is 0 Å². The van der Waals surface area contributed by atoms with Gasteiger partial charge in [-0.1, -0.05) is 31.1 Å². The van der Waals surface area contributed by atoms with Crippen molar-refractivity contribution in [2.45, 2.75) is 58.9 Å². The van der Waals surface area contributed by atoms with Gasteiger partial charge in [-0.25, -0.2) is 4.98 Å². The third-order valence-electron chi connectivity index (χ3n) is 4.31. The molecule has 1 aliphatic carbocycles. The van der Waals surface area contributed by atoms with Crippen LogP contribution < -0.4 is 16.4 Å². The highest BCUT2D eigenvalue weighted by atomic mass is 32.1. The van der Waals surface area contributed by atoms with Crippen LogP contribution in [0, 0.1) is 5.41 Å². The predicted octanol–water partition coefficient (Wildman–Crippen LogP) is 3.25. The predicted molar refractivity (Wildman–Crippen MR) is 88.8 cm³/mol. The number of nitrogens with two attached hydrogens (primary N) is 1. The number of nitrogens with zero attached hydrogens (tertiary/aromatic N) is 1. The molecule has 1 saturated carbocycles. The fraction of sp³-hybridized carbons (Fsp3) is 0.733. The Kier molecular flexibility index (Phi) is 5.08. The van der Waals surface area contributed by atoms with Crippen LogP contribution in [0.5, 0.6) is 0 Å². The number of anilines is 2. The van der Waals surface area contributed by atoms with Gasteiger partial charge in [-0.2, -0.15) is 0 Å². The van der Waals surface area contributed by atoms with Crippen molar-refractivity contribution in [3.63, 3.8) is 0 Å². The van der Waals surface area contributed by atoms with E-state index >= 15 is 0 Å². The molecule has 0 aliphatic heterocycles. The first-order valence-corrected chi connectivity index (χ1v) is 8.58. The van der Waals surface area contributed by atoms with E-state index in [1.807, 2.05) is 13.8 Å². The van der Waals surface area contributed by atoms with Gasteiger partial charge in [0, 0.05) is 12.6 Å². The van der Waals surface area contributed by atoms with E-state index in [0.29, 0.717) is 15.8 Å². The van der Waals surface area contributed by atoms with Gasteiger partial charge in [0.05, 0.1) is 0 Å². The van der Waals surface area contributed by atoms with E-state index in [2.05, 4.69) is 22.5 Å². The van der Waals surface area contributed by atoms with Crippen LogP contribution in [0.2, 0.25) is 0 Å². The quantitative estimate of drug-likeness (QED) is 0.753. The zero-order valence-electron chi connectivity index (χ0n) is 13.2. The largest absolute Gasteiger partial charge is 0.382 e. The van der Waals surface area contributed by atoms with Crippen LogP contribution in [0.4, 0.5) is 10.9 Å². The average Bonchev–Trinajstić information content (AvgIpc) is 3.03. The molecule has 1 heterocycles. The highest BCUT2D eigenvalue weighted by Gasteiger charge is 2.32. The molecule has 0 spiro atoms. The topological polar surface area (TPSA) is 80.0 Å². The summed E-state index contributed by atoms with van der Waals surface area (Å²) in [5, 5.41) is 6.96. The standard InChI is InChI=1S/C15H26N4OS/c1-4-15(7-5-6-8-15)9-17-13(20)11-12(16)19-14(21-11)18-10(2)3/h10H,4-9,16H2,1-3H3,(H,17,20)(H,18,19). The van der Waals surface area contributed by atoms with Crippen molar-refractivity contribution in [1.82, 2.24) is 10.3 Å². The summed E-state index contributed by atoms with van der Waals surface area (Å²) in [7, 11) is 0. The molecule has 0 bridgehead atoms. The first-order chi connectivity index (χ1) is 9.96. The Balaban J connectivity index is 1.98. The van der Waals surface area contributed by atoms with Gasteiger partial charge in [0.1, 0.15) is 10.7 Å². The molecule has 0 unspecified atom stereocenters. The first-order valence-electron chi connectivity index (χ1n) is 7.77. The Morgan fingerprint density at radius 2 is 2.10 bits per heavy atom. The molecule has 0 aromatic carbocycles. The lowest BCUT2D eigenvalue weighted by Crippen LogP contribution is -2.35. The van der Waals surface area contributed by atoms with Gasteiger partial charge in [0.2, 0.25) is 0 Å². The highest BCUT2D eigenvalue weighted by molar-refractivity contribution is 7.18. The van der Waals surface area contributed by atoms with Crippen molar-refractivity contribution in [2.75, 3.05) is 17.6 Å². The minimum absolute atomic E-state index is 0.0958. The van der Waals surface area contributed by atoms with Gasteiger partial charge in [-0.3, -0.25) is 4.79 Å². The molecule has 1 aromatic rings. The van der Waals surface area contributed by atoms with Crippen molar-refractivity contribution in [3.05, 3.63) is 4.88 Å². The average molecular weight is 310 g/mol. The van der Waals surface area contributed by atoms with Crippen molar-refractivity contribution in [3.8, 4) is 0 Å². The third kappa shape index (κ3) is 3.87. The Bertz CT molecular complexity index is 492. The number of thiazole rings is 1. The maximum Gasteiger partial charge on any atom is 0.265 e. The Morgan fingerprint density at radius 1 is 1.43 bits per heavy atom. The molecule has 1 aliphatic rings. The fourth-order valence-electron chi connectivity index (χ4n) is 2.93. The Morgan fingerprint density at radius 3 is 2.67 bits per heavy atom. The number of nitrogens with one attached hydrogen (secondary N) is 2. The molecule has 1 fully saturated rings. The van der Waals surface area contributed by atoms with Crippen molar-refractivity contribution < 1.29 is 4.79 Å². The van der Waals surface area contributed by atoms with Gasteiger partial charge >= 0.3 is 0 Å². The second-order valence-electron chi connectivity index (χ2n) is 6.28. The molecular weight excluding hydrogens is 284 g/mol. The summed E-state index contributed by atoms with van der Waals surface area (Å²) < 4.78 is 0. The normalized spacial score (nSPS) is 17.1. The molecule has 1 aromatic heterocycles. The van der Waals surface area contributed by atoms with Crippen LogP contribution >= 0.6 is 11.3 Å². The monoisotopic (exact) mass is 310 g/mol. The summed E-state index contributed by atoms with van der Waals surface area (Å²) >= 11 is 1.33. The van der Waals surface area contributed by atoms with Crippen LogP contribution in [0.25, 0.3) is 0 Å². The maximum atomic E-state index is 12.3. The van der Waals surface area contributed by atoms with E-state index in [1.54, 1.807) is 0 Å². The molecule has 118 valence electrons. The van der Waals surface area contributed by atoms with Crippen molar-refractivity contribution >= 4 is 28.2 Å². The number of carbonyl (C=O) groups is 1. The number of nitrogen functional groups attached to an aromatic ring is 1. The molecule has 2 rings (SSSR count). The van der Waals surface area contributed by atoms with Gasteiger partial charge < -0.3 is 16.4 Å². The number of hydrogen-bond donors (Lipinski definition) is 3. The molecule has 21 heavy (non-hydrogen) atoms. The summed E-state index contributed by atoms with van der Waals surface area (Å²) in [5.41, 5.74) is 6.15. The van der Waals surface area contributed by atoms with Gasteiger partial charge in [0.15, 0.2) is 5.13 Å². The number of aromatic nitrogens is 1. The van der Waals surface area contributed by atoms with E-state index in [1.165, 1.54) is 37.0 Å². The smallest absolute Gasteiger partial charge is 0.265 e. The number of rotatable bonds is 6. The lowest BCUT2D eigenvalue weighted by molar-refractivity contribution is 0.0933. The maximum absolute atomic E-state index is 12.3. The van der Waals surface area contributed by atoms with Crippen LogP contribution in [-0.2, 0) is 0 Å². The molecule has 4 N–H and O–H groups in total. The van der Waals surface area contributed by atoms with Crippen molar-refractivity contribution in [1.29, 1.82) is 0 Å². The second kappa shape index (κ2) is 6.64. The zero-order chi connectivity index (χ0) is 15.5. The minimum atomic E-state index is -0.0958. The summed E-state index contributed by atoms with van der Waals surface area (Å²) in [6.07, 6.45) is 6.08. The van der Waals surface area contributed by atoms with E-state index < -0.39 is 0 Å². The van der Waals surface area contributed by atoms with Crippen LogP contribution in [-0.4, -0.2) is 23.5 Å². The number of amides is 1. The number of hydrogen-bond acceptors (Lipinski definition) is 5. The van der Waals surface area contributed by atoms with Gasteiger partial charge in [0.25, 0.3) is 5.91 Å². The Hall–Kier alpha value is -1.30.